The molecule has 3 N–H and O–H groups in total. The van der Waals surface area contributed by atoms with Gasteiger partial charge in [0.1, 0.15) is 0 Å². The number of hydrogen-bond acceptors (Lipinski definition) is 3. The fourth-order valence-corrected chi connectivity index (χ4v) is 1.44. The molecule has 0 heterocycles. The zero-order chi connectivity index (χ0) is 15.6. The molecule has 0 amide bonds. The Balaban J connectivity index is 3.09. The van der Waals surface area contributed by atoms with E-state index in [-0.39, 0.29) is 12.2 Å². The molecule has 1 unspecified atom stereocenters. The van der Waals surface area contributed by atoms with Crippen molar-refractivity contribution >= 4 is 5.69 Å². The van der Waals surface area contributed by atoms with Gasteiger partial charge in [0.25, 0.3) is 0 Å². The van der Waals surface area contributed by atoms with Crippen molar-refractivity contribution in [1.29, 1.82) is 0 Å². The highest BCUT2D eigenvalue weighted by molar-refractivity contribution is 5.50. The van der Waals surface area contributed by atoms with E-state index < -0.39 is 36.2 Å². The Labute approximate surface area is 109 Å². The van der Waals surface area contributed by atoms with E-state index in [2.05, 4.69) is 5.32 Å². The van der Waals surface area contributed by atoms with Crippen molar-refractivity contribution in [2.45, 2.75) is 18.5 Å². The van der Waals surface area contributed by atoms with Gasteiger partial charge in [0.05, 0.1) is 23.8 Å². The quantitative estimate of drug-likeness (QED) is 0.749. The van der Waals surface area contributed by atoms with E-state index in [0.29, 0.717) is 12.1 Å². The minimum absolute atomic E-state index is 0.238. The first-order valence-electron chi connectivity index (χ1n) is 5.37. The van der Waals surface area contributed by atoms with Crippen LogP contribution in [0.25, 0.3) is 0 Å². The molecule has 0 aliphatic carbocycles. The molecule has 0 saturated heterocycles. The number of hydrogen-bond donors (Lipinski definition) is 3. The lowest BCUT2D eigenvalue weighted by Crippen LogP contribution is -2.23. The number of rotatable bonds is 4. The molecule has 1 aromatic rings. The van der Waals surface area contributed by atoms with Crippen LogP contribution in [0, 0.1) is 0 Å². The van der Waals surface area contributed by atoms with E-state index in [4.69, 9.17) is 10.2 Å². The number of aliphatic hydroxyl groups excluding tert-OH is 2. The molecular weight excluding hydrogens is 292 g/mol. The average molecular weight is 303 g/mol. The first-order chi connectivity index (χ1) is 9.05. The molecule has 0 fully saturated rings. The number of anilines is 1. The van der Waals surface area contributed by atoms with Gasteiger partial charge in [-0.25, -0.2) is 0 Å². The normalized spacial score (nSPS) is 14.2. The van der Waals surface area contributed by atoms with Gasteiger partial charge < -0.3 is 15.5 Å². The zero-order valence-electron chi connectivity index (χ0n) is 9.89. The summed E-state index contributed by atoms with van der Waals surface area (Å²) in [5, 5.41) is 19.9. The second-order valence-corrected chi connectivity index (χ2v) is 3.97. The van der Waals surface area contributed by atoms with Gasteiger partial charge in [0, 0.05) is 12.2 Å². The predicted octanol–water partition coefficient (Wildman–Crippen LogP) is 2.49. The maximum absolute atomic E-state index is 12.6. The van der Waals surface area contributed by atoms with Crippen molar-refractivity contribution in [3.8, 4) is 0 Å². The molecule has 20 heavy (non-hydrogen) atoms. The molecule has 0 aliphatic heterocycles. The summed E-state index contributed by atoms with van der Waals surface area (Å²) in [5.74, 6) is 0. The Hall–Kier alpha value is -1.48. The molecule has 0 aromatic heterocycles. The van der Waals surface area contributed by atoms with Crippen molar-refractivity contribution in [3.05, 3.63) is 29.3 Å². The van der Waals surface area contributed by atoms with E-state index in [1.807, 2.05) is 0 Å². The molecule has 0 spiro atoms. The number of benzene rings is 1. The molecule has 1 atom stereocenters. The van der Waals surface area contributed by atoms with Crippen LogP contribution >= 0.6 is 0 Å². The second-order valence-electron chi connectivity index (χ2n) is 3.97. The molecule has 0 radical (unpaired) electrons. The van der Waals surface area contributed by atoms with E-state index in [1.54, 1.807) is 0 Å². The highest BCUT2D eigenvalue weighted by Crippen LogP contribution is 2.41. The summed E-state index contributed by atoms with van der Waals surface area (Å²) >= 11 is 0. The molecule has 1 rings (SSSR count). The van der Waals surface area contributed by atoms with Crippen molar-refractivity contribution in [2.75, 3.05) is 18.5 Å². The minimum Gasteiger partial charge on any atom is -0.394 e. The molecule has 1 aromatic carbocycles. The average Bonchev–Trinajstić information content (AvgIpc) is 2.33. The van der Waals surface area contributed by atoms with Crippen LogP contribution in [0.5, 0.6) is 0 Å². The number of halogens is 6. The van der Waals surface area contributed by atoms with E-state index in [9.17, 15) is 26.3 Å². The summed E-state index contributed by atoms with van der Waals surface area (Å²) in [4.78, 5) is 0. The Bertz CT molecular complexity index is 457. The van der Waals surface area contributed by atoms with Crippen LogP contribution in [0.15, 0.2) is 18.2 Å². The maximum Gasteiger partial charge on any atom is 0.417 e. The Kier molecular flexibility index (Phi) is 4.87. The van der Waals surface area contributed by atoms with E-state index >= 15 is 0 Å². The van der Waals surface area contributed by atoms with E-state index in [0.717, 1.165) is 6.07 Å². The minimum atomic E-state index is -5.15. The standard InChI is InChI=1S/C11H11F6NO2/c12-10(13,14)8-2-1-6(18-4-7(20)5-19)3-9(8)11(15,16)17/h1-3,7,18-20H,4-5H2. The van der Waals surface area contributed by atoms with Crippen molar-refractivity contribution in [1.82, 2.24) is 0 Å². The van der Waals surface area contributed by atoms with Crippen LogP contribution in [-0.4, -0.2) is 29.5 Å². The van der Waals surface area contributed by atoms with Gasteiger partial charge in [-0.05, 0) is 18.2 Å². The van der Waals surface area contributed by atoms with Gasteiger partial charge in [-0.3, -0.25) is 0 Å². The highest BCUT2D eigenvalue weighted by Gasteiger charge is 2.43. The van der Waals surface area contributed by atoms with Crippen molar-refractivity contribution in [3.63, 3.8) is 0 Å². The molecule has 9 heteroatoms. The first kappa shape index (κ1) is 16.6. The number of nitrogens with one attached hydrogen (secondary N) is 1. The fraction of sp³-hybridized carbons (Fsp3) is 0.455. The topological polar surface area (TPSA) is 52.5 Å². The van der Waals surface area contributed by atoms with Gasteiger partial charge in [0.15, 0.2) is 0 Å². The van der Waals surface area contributed by atoms with Crippen LogP contribution in [0.2, 0.25) is 0 Å². The fourth-order valence-electron chi connectivity index (χ4n) is 1.44. The summed E-state index contributed by atoms with van der Waals surface area (Å²) in [5.41, 5.74) is -3.83. The Morgan fingerprint density at radius 2 is 1.55 bits per heavy atom. The summed E-state index contributed by atoms with van der Waals surface area (Å²) in [6, 6.07) is 1.45. The summed E-state index contributed by atoms with van der Waals surface area (Å²) in [7, 11) is 0. The smallest absolute Gasteiger partial charge is 0.394 e. The first-order valence-corrected chi connectivity index (χ1v) is 5.37. The van der Waals surface area contributed by atoms with Gasteiger partial charge in [-0.15, -0.1) is 0 Å². The van der Waals surface area contributed by atoms with Crippen LogP contribution in [-0.2, 0) is 12.4 Å². The molecule has 0 saturated carbocycles. The van der Waals surface area contributed by atoms with Crippen molar-refractivity contribution < 1.29 is 36.6 Å². The van der Waals surface area contributed by atoms with Crippen LogP contribution < -0.4 is 5.32 Å². The molecule has 114 valence electrons. The van der Waals surface area contributed by atoms with E-state index in [1.165, 1.54) is 0 Å². The van der Waals surface area contributed by atoms with Gasteiger partial charge in [-0.2, -0.15) is 26.3 Å². The molecular formula is C11H11F6NO2. The molecule has 0 aliphatic rings. The lowest BCUT2D eigenvalue weighted by molar-refractivity contribution is -0.162. The molecule has 0 bridgehead atoms. The van der Waals surface area contributed by atoms with Gasteiger partial charge in [-0.1, -0.05) is 0 Å². The monoisotopic (exact) mass is 303 g/mol. The summed E-state index contributed by atoms with van der Waals surface area (Å²) < 4.78 is 75.3. The number of alkyl halides is 6. The second kappa shape index (κ2) is 5.88. The number of aliphatic hydroxyl groups is 2. The van der Waals surface area contributed by atoms with Crippen molar-refractivity contribution in [2.24, 2.45) is 0 Å². The molecule has 3 nitrogen and oxygen atoms in total. The van der Waals surface area contributed by atoms with Gasteiger partial charge >= 0.3 is 12.4 Å². The Morgan fingerprint density at radius 1 is 1.00 bits per heavy atom. The SMILES string of the molecule is OCC(O)CNc1ccc(C(F)(F)F)c(C(F)(F)F)c1. The third-order valence-corrected chi connectivity index (χ3v) is 2.38. The largest absolute Gasteiger partial charge is 0.417 e. The lowest BCUT2D eigenvalue weighted by atomic mass is 10.1. The van der Waals surface area contributed by atoms with Crippen LogP contribution in [0.4, 0.5) is 32.0 Å². The predicted molar refractivity (Wildman–Crippen MR) is 58.0 cm³/mol. The third kappa shape index (κ3) is 4.27. The van der Waals surface area contributed by atoms with Gasteiger partial charge in [0.2, 0.25) is 0 Å². The zero-order valence-corrected chi connectivity index (χ0v) is 9.89. The van der Waals surface area contributed by atoms with Crippen LogP contribution in [0.1, 0.15) is 11.1 Å². The lowest BCUT2D eigenvalue weighted by Gasteiger charge is -2.17. The Morgan fingerprint density at radius 3 is 2.00 bits per heavy atom. The summed E-state index contributed by atoms with van der Waals surface area (Å²) in [6.07, 6.45) is -11.5. The third-order valence-electron chi connectivity index (χ3n) is 2.38. The van der Waals surface area contributed by atoms with Crippen LogP contribution in [0.3, 0.4) is 0 Å². The highest BCUT2D eigenvalue weighted by atomic mass is 19.4. The maximum atomic E-state index is 12.6. The summed E-state index contributed by atoms with van der Waals surface area (Å²) in [6.45, 7) is -0.918.